The Bertz CT molecular complexity index is 579. The maximum Gasteiger partial charge on any atom is 0.412 e. The van der Waals surface area contributed by atoms with Crippen molar-refractivity contribution in [2.45, 2.75) is 46.1 Å². The molecule has 122 valence electrons. The molecule has 2 rings (SSSR count). The number of hydrogen-bond donors (Lipinski definition) is 2. The third-order valence-corrected chi connectivity index (χ3v) is 4.62. The molecule has 0 spiro atoms. The van der Waals surface area contributed by atoms with Crippen LogP contribution in [0, 0.1) is 11.3 Å². The summed E-state index contributed by atoms with van der Waals surface area (Å²) >= 11 is 6.18. The number of nitrogens with two attached hydrogens (primary N) is 1. The van der Waals surface area contributed by atoms with E-state index in [9.17, 15) is 4.79 Å². The highest BCUT2D eigenvalue weighted by atomic mass is 35.5. The number of benzene rings is 1. The van der Waals surface area contributed by atoms with E-state index >= 15 is 0 Å². The number of carbonyl (C=O) groups excluding carboxylic acids is 1. The molecule has 0 bridgehead atoms. The van der Waals surface area contributed by atoms with Gasteiger partial charge in [0.1, 0.15) is 5.60 Å². The van der Waals surface area contributed by atoms with Crippen molar-refractivity contribution < 1.29 is 9.53 Å². The van der Waals surface area contributed by atoms with Gasteiger partial charge < -0.3 is 10.5 Å². The van der Waals surface area contributed by atoms with E-state index in [1.165, 1.54) is 0 Å². The Morgan fingerprint density at radius 2 is 2.05 bits per heavy atom. The van der Waals surface area contributed by atoms with Crippen LogP contribution in [0.25, 0.3) is 0 Å². The fraction of sp³-hybridized carbons (Fsp3) is 0.588. The molecule has 0 aromatic heterocycles. The molecule has 1 aliphatic rings. The Morgan fingerprint density at radius 1 is 1.41 bits per heavy atom. The van der Waals surface area contributed by atoms with Gasteiger partial charge in [-0.2, -0.15) is 0 Å². The summed E-state index contributed by atoms with van der Waals surface area (Å²) in [5.41, 5.74) is 7.21. The number of carbonyl (C=O) groups is 1. The topological polar surface area (TPSA) is 64.3 Å². The molecule has 1 aromatic carbocycles. The second-order valence-corrected chi connectivity index (χ2v) is 7.91. The van der Waals surface area contributed by atoms with Crippen molar-refractivity contribution >= 4 is 23.4 Å². The Hall–Kier alpha value is -1.26. The van der Waals surface area contributed by atoms with Gasteiger partial charge in [-0.05, 0) is 62.3 Å². The minimum Gasteiger partial charge on any atom is -0.444 e. The summed E-state index contributed by atoms with van der Waals surface area (Å²) in [5.74, 6) is 0.858. The normalized spacial score (nSPS) is 23.0. The smallest absolute Gasteiger partial charge is 0.412 e. The van der Waals surface area contributed by atoms with Crippen LogP contribution < -0.4 is 11.1 Å². The molecule has 1 fully saturated rings. The lowest BCUT2D eigenvalue weighted by atomic mass is 10.0. The first-order valence-corrected chi connectivity index (χ1v) is 7.93. The number of rotatable bonds is 3. The zero-order valence-corrected chi connectivity index (χ0v) is 14.6. The van der Waals surface area contributed by atoms with E-state index in [0.717, 1.165) is 5.56 Å². The highest BCUT2D eigenvalue weighted by Gasteiger charge is 2.57. The van der Waals surface area contributed by atoms with Crippen LogP contribution in [-0.4, -0.2) is 18.2 Å². The van der Waals surface area contributed by atoms with Gasteiger partial charge in [-0.25, -0.2) is 4.79 Å². The molecule has 0 radical (unpaired) electrons. The van der Waals surface area contributed by atoms with E-state index in [-0.39, 0.29) is 5.41 Å². The molecule has 5 heteroatoms. The summed E-state index contributed by atoms with van der Waals surface area (Å²) in [5, 5.41) is 3.22. The third-order valence-electron chi connectivity index (χ3n) is 4.29. The zero-order chi connectivity index (χ0) is 16.7. The summed E-state index contributed by atoms with van der Waals surface area (Å²) in [6, 6.07) is 5.74. The molecule has 1 aliphatic carbocycles. The van der Waals surface area contributed by atoms with Crippen LogP contribution in [0.1, 0.15) is 46.1 Å². The summed E-state index contributed by atoms with van der Waals surface area (Å²) in [7, 11) is 0. The monoisotopic (exact) mass is 324 g/mol. The molecule has 0 saturated heterocycles. The molecule has 4 nitrogen and oxygen atoms in total. The second-order valence-electron chi connectivity index (χ2n) is 7.51. The number of anilines is 1. The predicted octanol–water partition coefficient (Wildman–Crippen LogP) is 4.39. The van der Waals surface area contributed by atoms with Crippen molar-refractivity contribution in [2.75, 3.05) is 11.9 Å². The first-order valence-electron chi connectivity index (χ1n) is 7.56. The lowest BCUT2D eigenvalue weighted by molar-refractivity contribution is 0.0636. The van der Waals surface area contributed by atoms with Crippen molar-refractivity contribution in [3.05, 3.63) is 28.8 Å². The van der Waals surface area contributed by atoms with E-state index in [1.807, 2.05) is 39.0 Å². The van der Waals surface area contributed by atoms with Crippen molar-refractivity contribution in [3.8, 4) is 0 Å². The largest absolute Gasteiger partial charge is 0.444 e. The maximum atomic E-state index is 11.9. The Kier molecular flexibility index (Phi) is 4.46. The van der Waals surface area contributed by atoms with Crippen molar-refractivity contribution in [3.63, 3.8) is 0 Å². The van der Waals surface area contributed by atoms with E-state index in [4.69, 9.17) is 22.1 Å². The minimum absolute atomic E-state index is 0.186. The summed E-state index contributed by atoms with van der Waals surface area (Å²) < 4.78 is 5.27. The molecule has 0 aliphatic heterocycles. The zero-order valence-electron chi connectivity index (χ0n) is 13.9. The van der Waals surface area contributed by atoms with Gasteiger partial charge in [-0.1, -0.05) is 31.5 Å². The Labute approximate surface area is 137 Å². The lowest BCUT2D eigenvalue weighted by Crippen LogP contribution is -2.27. The number of amides is 1. The molecule has 22 heavy (non-hydrogen) atoms. The average molecular weight is 325 g/mol. The van der Waals surface area contributed by atoms with Crippen LogP contribution in [0.15, 0.2) is 18.2 Å². The van der Waals surface area contributed by atoms with E-state index < -0.39 is 11.7 Å². The van der Waals surface area contributed by atoms with Crippen LogP contribution in [0.2, 0.25) is 5.02 Å². The fourth-order valence-electron chi connectivity index (χ4n) is 3.09. The standard InChI is InChI=1S/C17H25ClN2O2/c1-16(2,3)22-15(21)20-13-8-10(6-7-12(13)18)14-11(9-19)17(14,4)5/h6-8,11,14H,9,19H2,1-5H3,(H,20,21)/t11-,14-/m1/s1. The Morgan fingerprint density at radius 3 is 2.55 bits per heavy atom. The summed E-state index contributed by atoms with van der Waals surface area (Å²) in [6.45, 7) is 10.6. The lowest BCUT2D eigenvalue weighted by Gasteiger charge is -2.20. The Balaban J connectivity index is 2.17. The molecule has 1 amide bonds. The fourth-order valence-corrected chi connectivity index (χ4v) is 3.26. The number of halogens is 1. The molecule has 0 heterocycles. The summed E-state index contributed by atoms with van der Waals surface area (Å²) in [4.78, 5) is 11.9. The second kappa shape index (κ2) is 5.74. The SMILES string of the molecule is CC(C)(C)OC(=O)Nc1cc([C@@H]2[C@@H](CN)C2(C)C)ccc1Cl. The average Bonchev–Trinajstić information content (AvgIpc) is 2.91. The molecule has 2 atom stereocenters. The van der Waals surface area contributed by atoms with Gasteiger partial charge in [-0.15, -0.1) is 0 Å². The van der Waals surface area contributed by atoms with Crippen LogP contribution >= 0.6 is 11.6 Å². The maximum absolute atomic E-state index is 11.9. The van der Waals surface area contributed by atoms with Gasteiger partial charge in [0.05, 0.1) is 10.7 Å². The van der Waals surface area contributed by atoms with Gasteiger partial charge >= 0.3 is 6.09 Å². The van der Waals surface area contributed by atoms with Crippen LogP contribution in [0.3, 0.4) is 0 Å². The van der Waals surface area contributed by atoms with Gasteiger partial charge in [0.2, 0.25) is 0 Å². The first kappa shape index (κ1) is 17.1. The molecule has 1 saturated carbocycles. The number of ether oxygens (including phenoxy) is 1. The highest BCUT2D eigenvalue weighted by molar-refractivity contribution is 6.33. The van der Waals surface area contributed by atoms with E-state index in [1.54, 1.807) is 0 Å². The predicted molar refractivity (Wildman–Crippen MR) is 90.4 cm³/mol. The van der Waals surface area contributed by atoms with Crippen molar-refractivity contribution in [2.24, 2.45) is 17.1 Å². The number of nitrogens with one attached hydrogen (secondary N) is 1. The van der Waals surface area contributed by atoms with Gasteiger partial charge in [0.15, 0.2) is 0 Å². The first-order chi connectivity index (χ1) is 10.1. The quantitative estimate of drug-likeness (QED) is 0.866. The van der Waals surface area contributed by atoms with E-state index in [2.05, 4.69) is 19.2 Å². The molecular weight excluding hydrogens is 300 g/mol. The summed E-state index contributed by atoms with van der Waals surface area (Å²) in [6.07, 6.45) is -0.503. The number of hydrogen-bond acceptors (Lipinski definition) is 3. The van der Waals surface area contributed by atoms with Crippen molar-refractivity contribution in [1.82, 2.24) is 0 Å². The van der Waals surface area contributed by atoms with Gasteiger partial charge in [-0.3, -0.25) is 5.32 Å². The highest BCUT2D eigenvalue weighted by Crippen LogP contribution is 2.64. The molecule has 1 aromatic rings. The molecule has 0 unspecified atom stereocenters. The molecule has 3 N–H and O–H groups in total. The van der Waals surface area contributed by atoms with Crippen molar-refractivity contribution in [1.29, 1.82) is 0 Å². The van der Waals surface area contributed by atoms with Gasteiger partial charge in [0, 0.05) is 0 Å². The molecular formula is C17H25ClN2O2. The van der Waals surface area contributed by atoms with Gasteiger partial charge in [0.25, 0.3) is 0 Å². The van der Waals surface area contributed by atoms with Crippen LogP contribution in [-0.2, 0) is 4.74 Å². The van der Waals surface area contributed by atoms with E-state index in [0.29, 0.717) is 29.1 Å². The minimum atomic E-state index is -0.544. The van der Waals surface area contributed by atoms with Crippen LogP contribution in [0.4, 0.5) is 10.5 Å². The third kappa shape index (κ3) is 3.55. The van der Waals surface area contributed by atoms with Crippen LogP contribution in [0.5, 0.6) is 0 Å².